The summed E-state index contributed by atoms with van der Waals surface area (Å²) in [7, 11) is 1.57. The predicted octanol–water partition coefficient (Wildman–Crippen LogP) is 3.52. The first-order valence-corrected chi connectivity index (χ1v) is 9.14. The van der Waals surface area contributed by atoms with Crippen LogP contribution in [0.25, 0.3) is 6.08 Å². The first kappa shape index (κ1) is 19.5. The zero-order chi connectivity index (χ0) is 18.4. The third-order valence-corrected chi connectivity index (χ3v) is 4.64. The van der Waals surface area contributed by atoms with Crippen molar-refractivity contribution in [1.82, 2.24) is 4.90 Å². The van der Waals surface area contributed by atoms with Crippen LogP contribution in [0.3, 0.4) is 0 Å². The summed E-state index contributed by atoms with van der Waals surface area (Å²) >= 11 is 3.38. The van der Waals surface area contributed by atoms with Crippen molar-refractivity contribution in [2.24, 2.45) is 11.8 Å². The molecule has 6 heteroatoms. The molecule has 1 heterocycles. The van der Waals surface area contributed by atoms with Crippen molar-refractivity contribution in [1.29, 1.82) is 0 Å². The highest BCUT2D eigenvalue weighted by Crippen LogP contribution is 2.24. The van der Waals surface area contributed by atoms with E-state index in [2.05, 4.69) is 29.8 Å². The Morgan fingerprint density at radius 2 is 1.96 bits per heavy atom. The smallest absolute Gasteiger partial charge is 0.331 e. The van der Waals surface area contributed by atoms with Crippen LogP contribution in [-0.4, -0.2) is 43.6 Å². The Balaban J connectivity index is 1.88. The molecule has 1 amide bonds. The Labute approximate surface area is 157 Å². The quantitative estimate of drug-likeness (QED) is 0.551. The molecule has 1 saturated heterocycles. The molecule has 25 heavy (non-hydrogen) atoms. The monoisotopic (exact) mass is 409 g/mol. The van der Waals surface area contributed by atoms with Crippen molar-refractivity contribution >= 4 is 33.9 Å². The van der Waals surface area contributed by atoms with Crippen molar-refractivity contribution in [2.75, 3.05) is 26.8 Å². The Hall–Kier alpha value is -1.82. The highest BCUT2D eigenvalue weighted by molar-refractivity contribution is 9.10. The van der Waals surface area contributed by atoms with Crippen LogP contribution in [0.15, 0.2) is 28.7 Å². The molecular formula is C19H24BrNO4. The second-order valence-corrected chi connectivity index (χ2v) is 7.49. The number of carbonyl (C=O) groups excluding carboxylic acids is 2. The highest BCUT2D eigenvalue weighted by Gasteiger charge is 2.25. The molecule has 0 aliphatic carbocycles. The van der Waals surface area contributed by atoms with E-state index < -0.39 is 5.97 Å². The molecule has 0 saturated carbocycles. The molecule has 5 nitrogen and oxygen atoms in total. The zero-order valence-corrected chi connectivity index (χ0v) is 16.4. The Bertz CT molecular complexity index is 649. The fourth-order valence-electron chi connectivity index (χ4n) is 3.13. The summed E-state index contributed by atoms with van der Waals surface area (Å²) < 4.78 is 11.2. The lowest BCUT2D eigenvalue weighted by Gasteiger charge is -2.34. The summed E-state index contributed by atoms with van der Waals surface area (Å²) in [6.07, 6.45) is 4.04. The van der Waals surface area contributed by atoms with E-state index in [0.717, 1.165) is 29.5 Å². The largest absolute Gasteiger partial charge is 0.496 e. The van der Waals surface area contributed by atoms with Crippen LogP contribution < -0.4 is 4.74 Å². The van der Waals surface area contributed by atoms with E-state index >= 15 is 0 Å². The van der Waals surface area contributed by atoms with E-state index in [-0.39, 0.29) is 12.5 Å². The van der Waals surface area contributed by atoms with E-state index in [1.165, 1.54) is 6.08 Å². The summed E-state index contributed by atoms with van der Waals surface area (Å²) in [6, 6.07) is 5.50. The molecule has 1 fully saturated rings. The van der Waals surface area contributed by atoms with Gasteiger partial charge in [0.25, 0.3) is 5.91 Å². The number of hydrogen-bond donors (Lipinski definition) is 0. The van der Waals surface area contributed by atoms with Crippen molar-refractivity contribution in [3.63, 3.8) is 0 Å². The average Bonchev–Trinajstić information content (AvgIpc) is 2.57. The molecule has 2 rings (SSSR count). The molecule has 2 unspecified atom stereocenters. The number of halogens is 1. The topological polar surface area (TPSA) is 55.8 Å². The second kappa shape index (κ2) is 9.04. The van der Waals surface area contributed by atoms with E-state index in [1.807, 2.05) is 12.1 Å². The number of carbonyl (C=O) groups is 2. The first-order chi connectivity index (χ1) is 11.9. The van der Waals surface area contributed by atoms with Crippen LogP contribution in [0.2, 0.25) is 0 Å². The minimum Gasteiger partial charge on any atom is -0.496 e. The van der Waals surface area contributed by atoms with Gasteiger partial charge < -0.3 is 14.4 Å². The number of likely N-dealkylation sites (tertiary alicyclic amines) is 1. The molecule has 0 aromatic heterocycles. The lowest BCUT2D eigenvalue weighted by molar-refractivity contribution is -0.149. The van der Waals surface area contributed by atoms with Gasteiger partial charge in [-0.25, -0.2) is 4.79 Å². The number of hydrogen-bond acceptors (Lipinski definition) is 4. The molecule has 136 valence electrons. The second-order valence-electron chi connectivity index (χ2n) is 6.57. The van der Waals surface area contributed by atoms with Gasteiger partial charge in [-0.15, -0.1) is 0 Å². The maximum absolute atomic E-state index is 12.2. The number of ether oxygens (including phenoxy) is 2. The van der Waals surface area contributed by atoms with Crippen LogP contribution in [-0.2, 0) is 14.3 Å². The van der Waals surface area contributed by atoms with E-state index in [0.29, 0.717) is 17.6 Å². The van der Waals surface area contributed by atoms with Gasteiger partial charge in [-0.1, -0.05) is 29.8 Å². The SMILES string of the molecule is COc1ccc(Br)cc1/C=C/C(=O)OCC(=O)N1CC(C)CC(C)C1. The highest BCUT2D eigenvalue weighted by atomic mass is 79.9. The minimum atomic E-state index is -0.548. The van der Waals surface area contributed by atoms with Gasteiger partial charge in [0.2, 0.25) is 0 Å². The van der Waals surface area contributed by atoms with Gasteiger partial charge in [-0.05, 0) is 42.5 Å². The molecule has 1 aliphatic rings. The first-order valence-electron chi connectivity index (χ1n) is 8.35. The summed E-state index contributed by atoms with van der Waals surface area (Å²) in [5.41, 5.74) is 0.749. The summed E-state index contributed by atoms with van der Waals surface area (Å²) in [5.74, 6) is 0.924. The van der Waals surface area contributed by atoms with Gasteiger partial charge in [0.1, 0.15) is 5.75 Å². The molecule has 1 aliphatic heterocycles. The number of methoxy groups -OCH3 is 1. The standard InChI is InChI=1S/C19H24BrNO4/c1-13-8-14(2)11-21(10-13)18(22)12-25-19(23)7-4-15-9-16(20)5-6-17(15)24-3/h4-7,9,13-14H,8,10-12H2,1-3H3/b7-4+. The van der Waals surface area contributed by atoms with Gasteiger partial charge in [0.15, 0.2) is 6.61 Å². The molecule has 0 spiro atoms. The van der Waals surface area contributed by atoms with Crippen LogP contribution >= 0.6 is 15.9 Å². The fraction of sp³-hybridized carbons (Fsp3) is 0.474. The number of piperidine rings is 1. The van der Waals surface area contributed by atoms with Crippen molar-refractivity contribution in [2.45, 2.75) is 20.3 Å². The van der Waals surface area contributed by atoms with E-state index in [9.17, 15) is 9.59 Å². The fourth-order valence-corrected chi connectivity index (χ4v) is 3.51. The van der Waals surface area contributed by atoms with Gasteiger partial charge in [-0.3, -0.25) is 4.79 Å². The molecule has 1 aromatic rings. The van der Waals surface area contributed by atoms with Crippen LogP contribution in [0, 0.1) is 11.8 Å². The molecule has 0 bridgehead atoms. The lowest BCUT2D eigenvalue weighted by Crippen LogP contribution is -2.44. The average molecular weight is 410 g/mol. The van der Waals surface area contributed by atoms with E-state index in [4.69, 9.17) is 9.47 Å². The van der Waals surface area contributed by atoms with E-state index in [1.54, 1.807) is 24.2 Å². The maximum Gasteiger partial charge on any atom is 0.331 e. The van der Waals surface area contributed by atoms with Crippen molar-refractivity contribution in [3.8, 4) is 5.75 Å². The Morgan fingerprint density at radius 1 is 1.28 bits per heavy atom. The third-order valence-electron chi connectivity index (χ3n) is 4.15. The number of esters is 1. The molecular weight excluding hydrogens is 386 g/mol. The summed E-state index contributed by atoms with van der Waals surface area (Å²) in [4.78, 5) is 25.9. The lowest BCUT2D eigenvalue weighted by atomic mass is 9.92. The van der Waals surface area contributed by atoms with Gasteiger partial charge >= 0.3 is 5.97 Å². The molecule has 0 radical (unpaired) electrons. The number of amides is 1. The predicted molar refractivity (Wildman–Crippen MR) is 100 cm³/mol. The van der Waals surface area contributed by atoms with Crippen molar-refractivity contribution < 1.29 is 19.1 Å². The van der Waals surface area contributed by atoms with Crippen LogP contribution in [0.1, 0.15) is 25.8 Å². The Morgan fingerprint density at radius 3 is 2.60 bits per heavy atom. The Kier molecular flexibility index (Phi) is 7.05. The van der Waals surface area contributed by atoms with Crippen molar-refractivity contribution in [3.05, 3.63) is 34.3 Å². The summed E-state index contributed by atoms with van der Waals surface area (Å²) in [6.45, 7) is 5.50. The molecule has 1 aromatic carbocycles. The number of benzene rings is 1. The van der Waals surface area contributed by atoms with Crippen LogP contribution in [0.4, 0.5) is 0 Å². The van der Waals surface area contributed by atoms with Gasteiger partial charge in [0, 0.05) is 29.2 Å². The minimum absolute atomic E-state index is 0.139. The molecule has 0 N–H and O–H groups in total. The third kappa shape index (κ3) is 5.88. The number of nitrogens with zero attached hydrogens (tertiary/aromatic N) is 1. The normalized spacial score (nSPS) is 20.6. The van der Waals surface area contributed by atoms with Gasteiger partial charge in [-0.2, -0.15) is 0 Å². The zero-order valence-electron chi connectivity index (χ0n) is 14.8. The summed E-state index contributed by atoms with van der Waals surface area (Å²) in [5, 5.41) is 0. The van der Waals surface area contributed by atoms with Crippen LogP contribution in [0.5, 0.6) is 5.75 Å². The maximum atomic E-state index is 12.2. The molecule has 2 atom stereocenters. The number of rotatable bonds is 5. The van der Waals surface area contributed by atoms with Gasteiger partial charge in [0.05, 0.1) is 7.11 Å².